The van der Waals surface area contributed by atoms with Crippen molar-refractivity contribution in [2.24, 2.45) is 0 Å². The Hall–Kier alpha value is -3.20. The Morgan fingerprint density at radius 1 is 1.40 bits per heavy atom. The number of pyridine rings is 2. The van der Waals surface area contributed by atoms with Gasteiger partial charge >= 0.3 is 0 Å². The molecule has 154 valence electrons. The highest BCUT2D eigenvalue weighted by molar-refractivity contribution is 5.97. The van der Waals surface area contributed by atoms with E-state index in [9.17, 15) is 4.39 Å². The Kier molecular flexibility index (Phi) is 3.22. The molecule has 1 N–H and O–H groups in total. The Balaban J connectivity index is 1.69. The minimum absolute atomic E-state index is 0.0324. The summed E-state index contributed by atoms with van der Waals surface area (Å²) in [4.78, 5) is 8.58. The van der Waals surface area contributed by atoms with E-state index in [0.29, 0.717) is 44.9 Å². The van der Waals surface area contributed by atoms with E-state index in [2.05, 4.69) is 30.0 Å². The summed E-state index contributed by atoms with van der Waals surface area (Å²) in [5.41, 5.74) is 1.15. The lowest BCUT2D eigenvalue weighted by molar-refractivity contribution is 0.0100. The van der Waals surface area contributed by atoms with E-state index in [4.69, 9.17) is 6.85 Å². The van der Waals surface area contributed by atoms with Crippen molar-refractivity contribution in [2.45, 2.75) is 32.0 Å². The minimum Gasteiger partial charge on any atom is -0.381 e. The molecule has 5 heterocycles. The van der Waals surface area contributed by atoms with Crippen molar-refractivity contribution in [1.29, 1.82) is 0 Å². The predicted molar refractivity (Wildman–Crippen MR) is 107 cm³/mol. The summed E-state index contributed by atoms with van der Waals surface area (Å²) >= 11 is 0. The van der Waals surface area contributed by atoms with Crippen molar-refractivity contribution in [1.82, 2.24) is 29.9 Å². The third kappa shape index (κ3) is 3.06. The molecule has 0 saturated carbocycles. The number of aromatic amines is 1. The zero-order valence-corrected chi connectivity index (χ0v) is 15.9. The van der Waals surface area contributed by atoms with Crippen LogP contribution in [0.1, 0.15) is 24.7 Å². The van der Waals surface area contributed by atoms with Crippen molar-refractivity contribution in [3.05, 3.63) is 47.8 Å². The smallest absolute Gasteiger partial charge is 0.155 e. The summed E-state index contributed by atoms with van der Waals surface area (Å²) in [7, 11) is -3.12. The second-order valence-corrected chi connectivity index (χ2v) is 7.30. The lowest BCUT2D eigenvalue weighted by atomic mass is 9.91. The molecule has 0 aromatic carbocycles. The molecular weight excluding hydrogens is 390 g/mol. The first-order chi connectivity index (χ1) is 16.4. The average molecular weight is 415 g/mol. The highest BCUT2D eigenvalue weighted by Crippen LogP contribution is 2.41. The number of hydrogen-bond acceptors (Lipinski definition) is 5. The van der Waals surface area contributed by atoms with Crippen molar-refractivity contribution >= 4 is 11.0 Å². The van der Waals surface area contributed by atoms with Gasteiger partial charge in [0.2, 0.25) is 0 Å². The van der Waals surface area contributed by atoms with Gasteiger partial charge in [-0.15, -0.1) is 0 Å². The van der Waals surface area contributed by atoms with Crippen LogP contribution in [-0.2, 0) is 17.7 Å². The molecule has 1 aliphatic heterocycles. The number of methoxy groups -OCH3 is 1. The molecule has 5 rings (SSSR count). The molecule has 0 bridgehead atoms. The molecule has 0 amide bonds. The molecule has 30 heavy (non-hydrogen) atoms. The SMILES string of the molecule is [2H]C([2H])([2H])OC([2H])([2H])[C@@]1(F)CCc2c(-c3cc(C)nc4[nH]ncc34)c(-c3ccc(F)cn3)nn2C1. The maximum absolute atomic E-state index is 15.9. The van der Waals surface area contributed by atoms with Gasteiger partial charge in [0.15, 0.2) is 11.3 Å². The maximum Gasteiger partial charge on any atom is 0.155 e. The van der Waals surface area contributed by atoms with Crippen molar-refractivity contribution in [2.75, 3.05) is 13.6 Å². The van der Waals surface area contributed by atoms with Crippen LogP contribution in [0.2, 0.25) is 0 Å². The number of aryl methyl sites for hydroxylation is 1. The topological polar surface area (TPSA) is 81.5 Å². The highest BCUT2D eigenvalue weighted by Gasteiger charge is 2.38. The summed E-state index contributed by atoms with van der Waals surface area (Å²) in [5.74, 6) is -0.533. The van der Waals surface area contributed by atoms with Crippen LogP contribution in [0.15, 0.2) is 30.6 Å². The summed E-state index contributed by atoms with van der Waals surface area (Å²) in [6.07, 6.45) is 2.34. The van der Waals surface area contributed by atoms with Crippen LogP contribution in [-0.4, -0.2) is 49.2 Å². The van der Waals surface area contributed by atoms with E-state index in [1.54, 1.807) is 6.20 Å². The van der Waals surface area contributed by atoms with Gasteiger partial charge in [-0.2, -0.15) is 10.2 Å². The molecule has 4 aromatic rings. The molecule has 0 fully saturated rings. The van der Waals surface area contributed by atoms with Crippen LogP contribution in [0.4, 0.5) is 8.78 Å². The zero-order valence-electron chi connectivity index (χ0n) is 20.9. The Morgan fingerprint density at radius 2 is 2.30 bits per heavy atom. The van der Waals surface area contributed by atoms with E-state index >= 15 is 4.39 Å². The van der Waals surface area contributed by atoms with Gasteiger partial charge < -0.3 is 4.74 Å². The van der Waals surface area contributed by atoms with Crippen LogP contribution < -0.4 is 0 Å². The van der Waals surface area contributed by atoms with Gasteiger partial charge in [0, 0.05) is 34.9 Å². The number of nitrogens with zero attached hydrogens (tertiary/aromatic N) is 5. The summed E-state index contributed by atoms with van der Waals surface area (Å²) < 4.78 is 73.1. The van der Waals surface area contributed by atoms with Crippen LogP contribution in [0.25, 0.3) is 33.5 Å². The first-order valence-corrected chi connectivity index (χ1v) is 9.29. The maximum atomic E-state index is 15.9. The van der Waals surface area contributed by atoms with Gasteiger partial charge in [-0.05, 0) is 38.0 Å². The number of H-pyrrole nitrogens is 1. The number of halogens is 2. The molecule has 7 nitrogen and oxygen atoms in total. The number of nitrogens with one attached hydrogen (secondary N) is 1. The molecule has 0 unspecified atom stereocenters. The van der Waals surface area contributed by atoms with Crippen molar-refractivity contribution in [3.63, 3.8) is 0 Å². The van der Waals surface area contributed by atoms with Gasteiger partial charge in [0.25, 0.3) is 0 Å². The van der Waals surface area contributed by atoms with Gasteiger partial charge in [0.05, 0.1) is 38.0 Å². The van der Waals surface area contributed by atoms with Crippen molar-refractivity contribution < 1.29 is 20.4 Å². The van der Waals surface area contributed by atoms with E-state index in [1.807, 2.05) is 13.0 Å². The largest absolute Gasteiger partial charge is 0.381 e. The number of rotatable bonds is 4. The van der Waals surface area contributed by atoms with E-state index in [1.165, 1.54) is 16.8 Å². The number of hydrogen-bond donors (Lipinski definition) is 1. The lowest BCUT2D eigenvalue weighted by Gasteiger charge is -2.30. The van der Waals surface area contributed by atoms with Gasteiger partial charge in [-0.1, -0.05) is 0 Å². The van der Waals surface area contributed by atoms with E-state index < -0.39 is 31.6 Å². The fraction of sp³-hybridized carbons (Fsp3) is 0.333. The average Bonchev–Trinajstić information content (AvgIpc) is 3.36. The zero-order chi connectivity index (χ0) is 25.2. The molecule has 1 aliphatic rings. The van der Waals surface area contributed by atoms with E-state index in [0.717, 1.165) is 6.20 Å². The number of ether oxygens (including phenoxy) is 1. The first-order valence-electron chi connectivity index (χ1n) is 11.8. The molecule has 4 aromatic heterocycles. The monoisotopic (exact) mass is 415 g/mol. The third-order valence-electron chi connectivity index (χ3n) is 5.24. The lowest BCUT2D eigenvalue weighted by Crippen LogP contribution is -2.39. The molecule has 0 spiro atoms. The van der Waals surface area contributed by atoms with Crippen LogP contribution in [0.5, 0.6) is 0 Å². The van der Waals surface area contributed by atoms with Crippen molar-refractivity contribution in [3.8, 4) is 22.5 Å². The second-order valence-electron chi connectivity index (χ2n) is 7.30. The minimum atomic E-state index is -3.12. The van der Waals surface area contributed by atoms with Crippen LogP contribution >= 0.6 is 0 Å². The van der Waals surface area contributed by atoms with E-state index in [-0.39, 0.29) is 12.8 Å². The van der Waals surface area contributed by atoms with Gasteiger partial charge in [0.1, 0.15) is 11.5 Å². The number of aromatic nitrogens is 6. The molecule has 1 atom stereocenters. The Labute approximate surface area is 178 Å². The van der Waals surface area contributed by atoms with Gasteiger partial charge in [-0.3, -0.25) is 14.8 Å². The Bertz CT molecular complexity index is 1420. The quantitative estimate of drug-likeness (QED) is 0.550. The third-order valence-corrected chi connectivity index (χ3v) is 5.24. The number of alkyl halides is 1. The number of fused-ring (bicyclic) bond motifs is 2. The summed E-state index contributed by atoms with van der Waals surface area (Å²) in [5, 5.41) is 12.1. The first kappa shape index (κ1) is 13.9. The molecule has 0 radical (unpaired) electrons. The van der Waals surface area contributed by atoms with Crippen LogP contribution in [0, 0.1) is 12.7 Å². The Morgan fingerprint density at radius 3 is 3.10 bits per heavy atom. The second kappa shape index (κ2) is 6.94. The highest BCUT2D eigenvalue weighted by atomic mass is 19.1. The fourth-order valence-electron chi connectivity index (χ4n) is 3.93. The summed E-state index contributed by atoms with van der Waals surface area (Å²) in [6.45, 7) is -1.87. The fourth-order valence-corrected chi connectivity index (χ4v) is 3.93. The molecule has 0 saturated heterocycles. The standard InChI is InChI=1S/C21H20F2N6O/c1-12-7-14(15-9-25-27-20(15)26-12)18-17-5-6-21(23,11-30-2)10-29(17)28-19(18)16-4-3-13(22)8-24-16/h3-4,7-9H,5-6,10-11H2,1-2H3,(H,25,26,27)/t21-/m1/s1/i2D3,11D2. The summed E-state index contributed by atoms with van der Waals surface area (Å²) in [6, 6.07) is 4.52. The normalized spacial score (nSPS) is 22.0. The predicted octanol–water partition coefficient (Wildman–Crippen LogP) is 3.63. The molecular formula is C21H20F2N6O. The van der Waals surface area contributed by atoms with Gasteiger partial charge in [-0.25, -0.2) is 13.8 Å². The molecule has 9 heteroatoms. The molecule has 0 aliphatic carbocycles. The van der Waals surface area contributed by atoms with Crippen LogP contribution in [0.3, 0.4) is 0 Å².